The van der Waals surface area contributed by atoms with Gasteiger partial charge < -0.3 is 14.8 Å². The zero-order valence-electron chi connectivity index (χ0n) is 11.2. The van der Waals surface area contributed by atoms with Crippen LogP contribution in [0.15, 0.2) is 30.3 Å². The van der Waals surface area contributed by atoms with Crippen LogP contribution in [-0.2, 0) is 4.74 Å². The highest BCUT2D eigenvalue weighted by molar-refractivity contribution is 5.70. The zero-order valence-corrected chi connectivity index (χ0v) is 11.2. The van der Waals surface area contributed by atoms with E-state index >= 15 is 0 Å². The van der Waals surface area contributed by atoms with E-state index in [1.807, 2.05) is 18.2 Å². The number of carbonyl (C=O) groups excluding carboxylic acids is 1. The molecule has 1 atom stereocenters. The molecule has 1 unspecified atom stereocenters. The number of hydrogen-bond donors (Lipinski definition) is 1. The van der Waals surface area contributed by atoms with Crippen LogP contribution >= 0.6 is 0 Å². The van der Waals surface area contributed by atoms with Crippen LogP contribution in [0.25, 0.3) is 0 Å². The first kappa shape index (κ1) is 13.8. The Morgan fingerprint density at radius 1 is 1.47 bits per heavy atom. The summed E-state index contributed by atoms with van der Waals surface area (Å²) in [6.45, 7) is 6.13. The second-order valence-corrected chi connectivity index (χ2v) is 4.47. The van der Waals surface area contributed by atoms with E-state index in [-0.39, 0.29) is 6.10 Å². The van der Waals surface area contributed by atoms with Gasteiger partial charge in [-0.25, -0.2) is 4.79 Å². The minimum atomic E-state index is -0.441. The molecule has 1 saturated heterocycles. The van der Waals surface area contributed by atoms with Crippen LogP contribution < -0.4 is 10.1 Å². The van der Waals surface area contributed by atoms with E-state index in [9.17, 15) is 4.79 Å². The Morgan fingerprint density at radius 2 is 2.26 bits per heavy atom. The molecule has 1 aliphatic rings. The smallest absolute Gasteiger partial charge is 0.410 e. The summed E-state index contributed by atoms with van der Waals surface area (Å²) in [5.74, 6) is 0.541. The number of likely N-dealkylation sites (N-methyl/N-ethyl adjacent to an activating group) is 1. The number of nitrogens with one attached hydrogen (secondary N) is 1. The van der Waals surface area contributed by atoms with Crippen molar-refractivity contribution in [2.45, 2.75) is 13.0 Å². The van der Waals surface area contributed by atoms with Gasteiger partial charge in [0.25, 0.3) is 0 Å². The molecule has 1 aromatic rings. The summed E-state index contributed by atoms with van der Waals surface area (Å²) in [6.07, 6.45) is -0.402. The van der Waals surface area contributed by atoms with Gasteiger partial charge in [0.2, 0.25) is 0 Å². The van der Waals surface area contributed by atoms with E-state index in [1.54, 1.807) is 12.1 Å². The molecule has 1 N–H and O–H groups in total. The summed E-state index contributed by atoms with van der Waals surface area (Å²) in [4.78, 5) is 13.9. The van der Waals surface area contributed by atoms with Crippen molar-refractivity contribution in [2.24, 2.45) is 0 Å². The summed E-state index contributed by atoms with van der Waals surface area (Å²) in [7, 11) is 0. The molecule has 1 amide bonds. The predicted molar refractivity (Wildman–Crippen MR) is 72.3 cm³/mol. The number of para-hydroxylation sites is 1. The molecule has 0 spiro atoms. The lowest BCUT2D eigenvalue weighted by Gasteiger charge is -2.31. The van der Waals surface area contributed by atoms with Crippen LogP contribution in [0.2, 0.25) is 0 Å². The SMILES string of the molecule is CCN1CCOC(CNC(=O)Oc2ccccc2)C1. The van der Waals surface area contributed by atoms with E-state index < -0.39 is 6.09 Å². The Morgan fingerprint density at radius 3 is 3.00 bits per heavy atom. The molecular formula is C14H20N2O3. The minimum Gasteiger partial charge on any atom is -0.410 e. The Bertz CT molecular complexity index is 397. The van der Waals surface area contributed by atoms with Crippen molar-refractivity contribution in [3.63, 3.8) is 0 Å². The van der Waals surface area contributed by atoms with Gasteiger partial charge in [-0.1, -0.05) is 25.1 Å². The first-order chi connectivity index (χ1) is 9.28. The summed E-state index contributed by atoms with van der Waals surface area (Å²) in [6, 6.07) is 9.02. The van der Waals surface area contributed by atoms with Crippen molar-refractivity contribution in [1.82, 2.24) is 10.2 Å². The van der Waals surface area contributed by atoms with Crippen LogP contribution in [0.3, 0.4) is 0 Å². The van der Waals surface area contributed by atoms with E-state index in [0.29, 0.717) is 18.9 Å². The molecule has 1 aromatic carbocycles. The number of nitrogens with zero attached hydrogens (tertiary/aromatic N) is 1. The van der Waals surface area contributed by atoms with Crippen LogP contribution in [0.4, 0.5) is 4.79 Å². The van der Waals surface area contributed by atoms with Gasteiger partial charge in [-0.15, -0.1) is 0 Å². The Hall–Kier alpha value is -1.59. The zero-order chi connectivity index (χ0) is 13.5. The maximum atomic E-state index is 11.6. The summed E-state index contributed by atoms with van der Waals surface area (Å²) < 4.78 is 10.7. The average molecular weight is 264 g/mol. The van der Waals surface area contributed by atoms with Crippen molar-refractivity contribution in [3.8, 4) is 5.75 Å². The van der Waals surface area contributed by atoms with Gasteiger partial charge in [0, 0.05) is 19.6 Å². The Labute approximate surface area is 113 Å². The van der Waals surface area contributed by atoms with E-state index in [2.05, 4.69) is 17.1 Å². The van der Waals surface area contributed by atoms with Crippen molar-refractivity contribution >= 4 is 6.09 Å². The Kier molecular flexibility index (Phi) is 5.18. The fourth-order valence-electron chi connectivity index (χ4n) is 2.02. The highest BCUT2D eigenvalue weighted by Crippen LogP contribution is 2.08. The molecule has 19 heavy (non-hydrogen) atoms. The molecular weight excluding hydrogens is 244 g/mol. The minimum absolute atomic E-state index is 0.0389. The topological polar surface area (TPSA) is 50.8 Å². The van der Waals surface area contributed by atoms with Crippen LogP contribution in [0.1, 0.15) is 6.92 Å². The third kappa shape index (κ3) is 4.54. The lowest BCUT2D eigenvalue weighted by Crippen LogP contribution is -2.47. The maximum absolute atomic E-state index is 11.6. The third-order valence-electron chi connectivity index (χ3n) is 3.10. The van der Waals surface area contributed by atoms with Crippen LogP contribution in [-0.4, -0.2) is 49.9 Å². The molecule has 5 nitrogen and oxygen atoms in total. The maximum Gasteiger partial charge on any atom is 0.412 e. The number of morpholine rings is 1. The fraction of sp³-hybridized carbons (Fsp3) is 0.500. The lowest BCUT2D eigenvalue weighted by atomic mass is 10.2. The summed E-state index contributed by atoms with van der Waals surface area (Å²) >= 11 is 0. The van der Waals surface area contributed by atoms with E-state index in [0.717, 1.165) is 19.6 Å². The van der Waals surface area contributed by atoms with Gasteiger partial charge >= 0.3 is 6.09 Å². The van der Waals surface area contributed by atoms with Crippen LogP contribution in [0, 0.1) is 0 Å². The average Bonchev–Trinajstić information content (AvgIpc) is 2.46. The molecule has 0 aromatic heterocycles. The van der Waals surface area contributed by atoms with Crippen molar-refractivity contribution in [1.29, 1.82) is 0 Å². The highest BCUT2D eigenvalue weighted by atomic mass is 16.6. The van der Waals surface area contributed by atoms with Gasteiger partial charge in [-0.2, -0.15) is 0 Å². The number of rotatable bonds is 4. The van der Waals surface area contributed by atoms with E-state index in [1.165, 1.54) is 0 Å². The van der Waals surface area contributed by atoms with Gasteiger partial charge in [-0.05, 0) is 18.7 Å². The number of amides is 1. The molecule has 0 aliphatic carbocycles. The quantitative estimate of drug-likeness (QED) is 0.895. The molecule has 0 radical (unpaired) electrons. The molecule has 104 valence electrons. The van der Waals surface area contributed by atoms with Gasteiger partial charge in [0.1, 0.15) is 5.75 Å². The monoisotopic (exact) mass is 264 g/mol. The molecule has 1 heterocycles. The first-order valence-corrected chi connectivity index (χ1v) is 6.62. The highest BCUT2D eigenvalue weighted by Gasteiger charge is 2.19. The summed E-state index contributed by atoms with van der Waals surface area (Å²) in [5, 5.41) is 2.73. The predicted octanol–water partition coefficient (Wildman–Crippen LogP) is 1.50. The van der Waals surface area contributed by atoms with Gasteiger partial charge in [-0.3, -0.25) is 4.90 Å². The standard InChI is InChI=1S/C14H20N2O3/c1-2-16-8-9-18-13(11-16)10-15-14(17)19-12-6-4-3-5-7-12/h3-7,13H,2,8-11H2,1H3,(H,15,17). The normalized spacial score (nSPS) is 19.9. The molecule has 1 aliphatic heterocycles. The lowest BCUT2D eigenvalue weighted by molar-refractivity contribution is -0.0245. The number of ether oxygens (including phenoxy) is 2. The Balaban J connectivity index is 1.71. The number of carbonyl (C=O) groups is 1. The molecule has 5 heteroatoms. The number of benzene rings is 1. The molecule has 1 fully saturated rings. The molecule has 0 saturated carbocycles. The number of hydrogen-bond acceptors (Lipinski definition) is 4. The van der Waals surface area contributed by atoms with Crippen molar-refractivity contribution in [2.75, 3.05) is 32.8 Å². The largest absolute Gasteiger partial charge is 0.412 e. The van der Waals surface area contributed by atoms with Gasteiger partial charge in [0.15, 0.2) is 0 Å². The van der Waals surface area contributed by atoms with Crippen molar-refractivity contribution in [3.05, 3.63) is 30.3 Å². The third-order valence-corrected chi connectivity index (χ3v) is 3.10. The van der Waals surface area contributed by atoms with Gasteiger partial charge in [0.05, 0.1) is 12.7 Å². The molecule has 0 bridgehead atoms. The second-order valence-electron chi connectivity index (χ2n) is 4.47. The summed E-state index contributed by atoms with van der Waals surface area (Å²) in [5.41, 5.74) is 0. The van der Waals surface area contributed by atoms with Crippen molar-refractivity contribution < 1.29 is 14.3 Å². The second kappa shape index (κ2) is 7.11. The van der Waals surface area contributed by atoms with Crippen LogP contribution in [0.5, 0.6) is 5.75 Å². The molecule has 2 rings (SSSR count). The van der Waals surface area contributed by atoms with E-state index in [4.69, 9.17) is 9.47 Å². The first-order valence-electron chi connectivity index (χ1n) is 6.62. The fourth-order valence-corrected chi connectivity index (χ4v) is 2.02.